The van der Waals surface area contributed by atoms with Crippen LogP contribution >= 0.6 is 22.6 Å². The number of ether oxygens (including phenoxy) is 1. The topological polar surface area (TPSA) is 38.3 Å². The lowest BCUT2D eigenvalue weighted by Gasteiger charge is -2.20. The van der Waals surface area contributed by atoms with E-state index in [1.807, 2.05) is 37.3 Å². The Bertz CT molecular complexity index is 314. The van der Waals surface area contributed by atoms with Crippen molar-refractivity contribution in [1.82, 2.24) is 5.32 Å². The van der Waals surface area contributed by atoms with Gasteiger partial charge in [-0.05, 0) is 5.56 Å². The Morgan fingerprint density at radius 3 is 2.47 bits per heavy atom. The Morgan fingerprint density at radius 1 is 1.40 bits per heavy atom. The Morgan fingerprint density at radius 2 is 2.00 bits per heavy atom. The molecule has 1 rings (SSSR count). The van der Waals surface area contributed by atoms with Crippen LogP contribution < -0.4 is 5.32 Å². The standard InChI is InChI=1S/C11H14INO2/c1-8(12)10(13-11(14)15-2)9-6-4-3-5-7-9/h3-8,10H,1-2H3,(H,13,14). The summed E-state index contributed by atoms with van der Waals surface area (Å²) in [5, 5.41) is 2.81. The van der Waals surface area contributed by atoms with E-state index < -0.39 is 6.09 Å². The second-order valence-corrected chi connectivity index (χ2v) is 5.17. The van der Waals surface area contributed by atoms with Crippen LogP contribution in [0.25, 0.3) is 0 Å². The number of methoxy groups -OCH3 is 1. The fourth-order valence-corrected chi connectivity index (χ4v) is 1.90. The van der Waals surface area contributed by atoms with Gasteiger partial charge in [-0.25, -0.2) is 4.79 Å². The average Bonchev–Trinajstić information content (AvgIpc) is 2.26. The second kappa shape index (κ2) is 5.95. The first-order valence-corrected chi connectivity index (χ1v) is 5.93. The molecule has 0 aliphatic carbocycles. The lowest BCUT2D eigenvalue weighted by molar-refractivity contribution is 0.166. The third kappa shape index (κ3) is 3.70. The minimum Gasteiger partial charge on any atom is -0.453 e. The number of amides is 1. The molecule has 1 N–H and O–H groups in total. The number of alkyl carbamates (subject to hydrolysis) is 1. The van der Waals surface area contributed by atoms with Gasteiger partial charge in [-0.3, -0.25) is 0 Å². The van der Waals surface area contributed by atoms with Crippen LogP contribution in [0.4, 0.5) is 4.79 Å². The number of benzene rings is 1. The van der Waals surface area contributed by atoms with Gasteiger partial charge < -0.3 is 10.1 Å². The van der Waals surface area contributed by atoms with Crippen molar-refractivity contribution in [1.29, 1.82) is 0 Å². The van der Waals surface area contributed by atoms with Crippen molar-refractivity contribution in [3.8, 4) is 0 Å². The van der Waals surface area contributed by atoms with Crippen molar-refractivity contribution in [2.45, 2.75) is 16.9 Å². The smallest absolute Gasteiger partial charge is 0.407 e. The van der Waals surface area contributed by atoms with Crippen molar-refractivity contribution in [3.63, 3.8) is 0 Å². The average molecular weight is 319 g/mol. The van der Waals surface area contributed by atoms with E-state index in [1.165, 1.54) is 7.11 Å². The Balaban J connectivity index is 2.79. The van der Waals surface area contributed by atoms with Gasteiger partial charge in [-0.2, -0.15) is 0 Å². The number of nitrogens with one attached hydrogen (secondary N) is 1. The van der Waals surface area contributed by atoms with E-state index in [2.05, 4.69) is 32.6 Å². The normalized spacial score (nSPS) is 14.1. The molecule has 1 aromatic carbocycles. The first kappa shape index (κ1) is 12.3. The first-order chi connectivity index (χ1) is 7.15. The maximum Gasteiger partial charge on any atom is 0.407 e. The molecule has 2 unspecified atom stereocenters. The Hall–Kier alpha value is -0.780. The molecule has 0 aliphatic rings. The largest absolute Gasteiger partial charge is 0.453 e. The molecule has 82 valence electrons. The van der Waals surface area contributed by atoms with Gasteiger partial charge in [0, 0.05) is 3.92 Å². The summed E-state index contributed by atoms with van der Waals surface area (Å²) in [5.41, 5.74) is 1.09. The molecule has 0 aliphatic heterocycles. The number of carbonyl (C=O) groups is 1. The number of halogens is 1. The van der Waals surface area contributed by atoms with Gasteiger partial charge >= 0.3 is 6.09 Å². The molecule has 3 nitrogen and oxygen atoms in total. The van der Waals surface area contributed by atoms with Crippen LogP contribution in [0.15, 0.2) is 30.3 Å². The molecule has 0 spiro atoms. The number of carbonyl (C=O) groups excluding carboxylic acids is 1. The zero-order valence-corrected chi connectivity index (χ0v) is 10.9. The van der Waals surface area contributed by atoms with Gasteiger partial charge in [-0.15, -0.1) is 0 Å². The first-order valence-electron chi connectivity index (χ1n) is 4.68. The molecule has 0 saturated heterocycles. The summed E-state index contributed by atoms with van der Waals surface area (Å²) >= 11 is 2.29. The predicted octanol–water partition coefficient (Wildman–Crippen LogP) is 2.91. The third-order valence-electron chi connectivity index (χ3n) is 2.08. The molecular weight excluding hydrogens is 305 g/mol. The number of hydrogen-bond acceptors (Lipinski definition) is 2. The summed E-state index contributed by atoms with van der Waals surface area (Å²) in [6, 6.07) is 9.85. The van der Waals surface area contributed by atoms with Crippen LogP contribution in [0.3, 0.4) is 0 Å². The molecule has 15 heavy (non-hydrogen) atoms. The summed E-state index contributed by atoms with van der Waals surface area (Å²) < 4.78 is 4.89. The highest BCUT2D eigenvalue weighted by molar-refractivity contribution is 14.1. The minimum atomic E-state index is -0.396. The highest BCUT2D eigenvalue weighted by atomic mass is 127. The fourth-order valence-electron chi connectivity index (χ4n) is 1.31. The molecule has 0 saturated carbocycles. The van der Waals surface area contributed by atoms with Crippen LogP contribution in [-0.4, -0.2) is 17.1 Å². The van der Waals surface area contributed by atoms with E-state index in [-0.39, 0.29) is 6.04 Å². The molecule has 0 fully saturated rings. The van der Waals surface area contributed by atoms with Crippen LogP contribution in [0.2, 0.25) is 0 Å². The van der Waals surface area contributed by atoms with Gasteiger partial charge in [0.15, 0.2) is 0 Å². The summed E-state index contributed by atoms with van der Waals surface area (Å²) in [4.78, 5) is 11.2. The molecule has 0 radical (unpaired) electrons. The molecule has 0 heterocycles. The van der Waals surface area contributed by atoms with Crippen LogP contribution in [0.5, 0.6) is 0 Å². The lowest BCUT2D eigenvalue weighted by Crippen LogP contribution is -2.32. The summed E-state index contributed by atoms with van der Waals surface area (Å²) in [6.45, 7) is 2.05. The van der Waals surface area contributed by atoms with Crippen molar-refractivity contribution < 1.29 is 9.53 Å². The van der Waals surface area contributed by atoms with E-state index in [1.54, 1.807) is 0 Å². The second-order valence-electron chi connectivity index (χ2n) is 3.20. The van der Waals surface area contributed by atoms with Gasteiger partial charge in [0.05, 0.1) is 13.2 Å². The Labute approximate surface area is 103 Å². The molecular formula is C11H14INO2. The van der Waals surface area contributed by atoms with E-state index in [0.717, 1.165) is 5.56 Å². The maximum atomic E-state index is 11.2. The zero-order chi connectivity index (χ0) is 11.3. The monoisotopic (exact) mass is 319 g/mol. The van der Waals surface area contributed by atoms with E-state index >= 15 is 0 Å². The summed E-state index contributed by atoms with van der Waals surface area (Å²) in [5.74, 6) is 0. The highest BCUT2D eigenvalue weighted by Crippen LogP contribution is 2.22. The van der Waals surface area contributed by atoms with Gasteiger partial charge in [0.2, 0.25) is 0 Å². The predicted molar refractivity (Wildman–Crippen MR) is 68.2 cm³/mol. The molecule has 0 aromatic heterocycles. The zero-order valence-electron chi connectivity index (χ0n) is 8.74. The molecule has 0 bridgehead atoms. The molecule has 1 aromatic rings. The van der Waals surface area contributed by atoms with E-state index in [9.17, 15) is 4.79 Å². The minimum absolute atomic E-state index is 0.0146. The number of alkyl halides is 1. The molecule has 4 heteroatoms. The van der Waals surface area contributed by atoms with E-state index in [0.29, 0.717) is 3.92 Å². The molecule has 2 atom stereocenters. The fraction of sp³-hybridized carbons (Fsp3) is 0.364. The molecule has 1 amide bonds. The van der Waals surface area contributed by atoms with Gasteiger partial charge in [-0.1, -0.05) is 59.8 Å². The van der Waals surface area contributed by atoms with Gasteiger partial charge in [0.1, 0.15) is 0 Å². The van der Waals surface area contributed by atoms with E-state index in [4.69, 9.17) is 0 Å². The van der Waals surface area contributed by atoms with Crippen molar-refractivity contribution in [2.75, 3.05) is 7.11 Å². The number of hydrogen-bond donors (Lipinski definition) is 1. The third-order valence-corrected chi connectivity index (χ3v) is 2.80. The highest BCUT2D eigenvalue weighted by Gasteiger charge is 2.18. The quantitative estimate of drug-likeness (QED) is 0.687. The maximum absolute atomic E-state index is 11.2. The van der Waals surface area contributed by atoms with Crippen LogP contribution in [-0.2, 0) is 4.74 Å². The Kier molecular flexibility index (Phi) is 4.87. The van der Waals surface area contributed by atoms with Crippen molar-refractivity contribution in [2.24, 2.45) is 0 Å². The SMILES string of the molecule is COC(=O)NC(c1ccccc1)C(C)I. The number of rotatable bonds is 3. The summed E-state index contributed by atoms with van der Waals surface area (Å²) in [7, 11) is 1.37. The van der Waals surface area contributed by atoms with Gasteiger partial charge in [0.25, 0.3) is 0 Å². The van der Waals surface area contributed by atoms with Crippen LogP contribution in [0.1, 0.15) is 18.5 Å². The summed E-state index contributed by atoms with van der Waals surface area (Å²) in [6.07, 6.45) is -0.396. The van der Waals surface area contributed by atoms with Crippen LogP contribution in [0, 0.1) is 0 Å². The lowest BCUT2D eigenvalue weighted by atomic mass is 10.1. The van der Waals surface area contributed by atoms with Crippen molar-refractivity contribution >= 4 is 28.7 Å². The van der Waals surface area contributed by atoms with Crippen molar-refractivity contribution in [3.05, 3.63) is 35.9 Å².